The van der Waals surface area contributed by atoms with Gasteiger partial charge in [0.15, 0.2) is 0 Å². The summed E-state index contributed by atoms with van der Waals surface area (Å²) < 4.78 is 0. The molecule has 3 heterocycles. The number of fused-ring (bicyclic) bond motifs is 2. The number of aromatic amines is 1. The van der Waals surface area contributed by atoms with Gasteiger partial charge in [0, 0.05) is 25.7 Å². The summed E-state index contributed by atoms with van der Waals surface area (Å²) in [5, 5.41) is 21.1. The van der Waals surface area contributed by atoms with Crippen LogP contribution in [-0.4, -0.2) is 38.9 Å². The van der Waals surface area contributed by atoms with Crippen molar-refractivity contribution in [3.05, 3.63) is 88.2 Å². The lowest BCUT2D eigenvalue weighted by Gasteiger charge is -2.19. The molecule has 0 amide bonds. The summed E-state index contributed by atoms with van der Waals surface area (Å²) >= 11 is 0. The third-order valence-electron chi connectivity index (χ3n) is 6.72. The van der Waals surface area contributed by atoms with E-state index in [1.54, 1.807) is 0 Å². The molecule has 2 aliphatic heterocycles. The van der Waals surface area contributed by atoms with Crippen molar-refractivity contribution in [2.45, 2.75) is 39.1 Å². The van der Waals surface area contributed by atoms with Crippen LogP contribution in [0.4, 0.5) is 0 Å². The van der Waals surface area contributed by atoms with Crippen molar-refractivity contribution >= 4 is 16.7 Å². The Morgan fingerprint density at radius 2 is 1.55 bits per heavy atom. The van der Waals surface area contributed by atoms with Crippen molar-refractivity contribution < 1.29 is 5.11 Å². The first-order valence-electron chi connectivity index (χ1n) is 11.4. The number of aryl methyl sites for hydroxylation is 2. The van der Waals surface area contributed by atoms with E-state index in [2.05, 4.69) is 66.6 Å². The van der Waals surface area contributed by atoms with Gasteiger partial charge in [0.05, 0.1) is 16.7 Å². The molecule has 0 saturated heterocycles. The Balaban J connectivity index is 1.28. The van der Waals surface area contributed by atoms with Crippen molar-refractivity contribution in [1.82, 2.24) is 20.3 Å². The van der Waals surface area contributed by atoms with Crippen LogP contribution in [0.2, 0.25) is 0 Å². The summed E-state index contributed by atoms with van der Waals surface area (Å²) in [5.74, 6) is 0.738. The molecule has 6 nitrogen and oxygen atoms in total. The van der Waals surface area contributed by atoms with Crippen LogP contribution in [0.25, 0.3) is 22.2 Å². The normalized spacial score (nSPS) is 19.9. The number of likely N-dealkylation sites (N-methyl/N-ethyl adjacent to an activating group) is 1. The fourth-order valence-electron chi connectivity index (χ4n) is 5.14. The van der Waals surface area contributed by atoms with Crippen molar-refractivity contribution in [3.8, 4) is 11.1 Å². The average Bonchev–Trinajstić information content (AvgIpc) is 3.47. The van der Waals surface area contributed by atoms with E-state index in [4.69, 9.17) is 10.1 Å². The predicted molar refractivity (Wildman–Crippen MR) is 131 cm³/mol. The molecule has 3 N–H and O–H groups in total. The third kappa shape index (κ3) is 3.43. The maximum absolute atomic E-state index is 11.2. The smallest absolute Gasteiger partial charge is 0.136 e. The number of rotatable bonds is 3. The number of aromatic nitrogens is 2. The highest BCUT2D eigenvalue weighted by atomic mass is 16.3. The maximum atomic E-state index is 11.2. The van der Waals surface area contributed by atoms with E-state index in [1.807, 2.05) is 24.2 Å². The number of imidazole rings is 1. The van der Waals surface area contributed by atoms with Gasteiger partial charge >= 0.3 is 0 Å². The molecular weight excluding hydrogens is 410 g/mol. The number of aliphatic hydroxyl groups is 1. The number of nitrogens with one attached hydrogen (secondary N) is 2. The summed E-state index contributed by atoms with van der Waals surface area (Å²) in [4.78, 5) is 8.24. The first kappa shape index (κ1) is 20.1. The number of aliphatic hydroxyl groups excluding tert-OH is 1. The van der Waals surface area contributed by atoms with Gasteiger partial charge in [-0.15, -0.1) is 0 Å². The molecule has 6 rings (SSSR count). The summed E-state index contributed by atoms with van der Waals surface area (Å²) in [6.45, 7) is 6.00. The molecule has 166 valence electrons. The van der Waals surface area contributed by atoms with Crippen LogP contribution in [0.5, 0.6) is 0 Å². The molecule has 2 aliphatic rings. The Bertz CT molecular complexity index is 1340. The molecule has 0 radical (unpaired) electrons. The first-order chi connectivity index (χ1) is 16.0. The van der Waals surface area contributed by atoms with E-state index in [0.717, 1.165) is 41.1 Å². The molecule has 3 aromatic carbocycles. The van der Waals surface area contributed by atoms with Crippen LogP contribution in [0.1, 0.15) is 39.7 Å². The highest BCUT2D eigenvalue weighted by Gasteiger charge is 2.38. The monoisotopic (exact) mass is 437 g/mol. The number of hydrogen-bond donors (Lipinski definition) is 3. The molecule has 0 fully saturated rings. The van der Waals surface area contributed by atoms with E-state index < -0.39 is 6.10 Å². The minimum Gasteiger partial charge on any atom is -0.384 e. The second-order valence-corrected chi connectivity index (χ2v) is 9.27. The van der Waals surface area contributed by atoms with E-state index in [9.17, 15) is 5.11 Å². The molecule has 2 atom stereocenters. The lowest BCUT2D eigenvalue weighted by Crippen LogP contribution is -2.29. The number of nitrogens with zero attached hydrogens (tertiary/aromatic N) is 3. The summed E-state index contributed by atoms with van der Waals surface area (Å²) in [6.07, 6.45) is -0.767. The highest BCUT2D eigenvalue weighted by Crippen LogP contribution is 2.33. The molecule has 0 spiro atoms. The number of hydrazone groups is 1. The van der Waals surface area contributed by atoms with Gasteiger partial charge in [0.25, 0.3) is 0 Å². The van der Waals surface area contributed by atoms with E-state index in [0.29, 0.717) is 5.71 Å². The topological polar surface area (TPSA) is 76.5 Å². The summed E-state index contributed by atoms with van der Waals surface area (Å²) in [5.41, 5.74) is 11.0. The van der Waals surface area contributed by atoms with Crippen molar-refractivity contribution in [3.63, 3.8) is 0 Å². The van der Waals surface area contributed by atoms with Gasteiger partial charge in [-0.05, 0) is 48.2 Å². The van der Waals surface area contributed by atoms with Crippen LogP contribution in [0, 0.1) is 13.8 Å². The molecule has 0 bridgehead atoms. The third-order valence-corrected chi connectivity index (χ3v) is 6.72. The van der Waals surface area contributed by atoms with E-state index in [-0.39, 0.29) is 6.04 Å². The molecule has 33 heavy (non-hydrogen) atoms. The number of hydrogen-bond acceptors (Lipinski definition) is 5. The fraction of sp³-hybridized carbons (Fsp3) is 0.259. The van der Waals surface area contributed by atoms with Gasteiger partial charge in [-0.3, -0.25) is 5.01 Å². The zero-order valence-corrected chi connectivity index (χ0v) is 19.1. The zero-order valence-electron chi connectivity index (χ0n) is 19.1. The highest BCUT2D eigenvalue weighted by molar-refractivity contribution is 6.05. The van der Waals surface area contributed by atoms with Crippen LogP contribution >= 0.6 is 0 Å². The van der Waals surface area contributed by atoms with Gasteiger partial charge in [-0.1, -0.05) is 53.6 Å². The van der Waals surface area contributed by atoms with Crippen molar-refractivity contribution in [2.24, 2.45) is 5.10 Å². The maximum Gasteiger partial charge on any atom is 0.136 e. The minimum atomic E-state index is -0.767. The van der Waals surface area contributed by atoms with Gasteiger partial charge < -0.3 is 15.4 Å². The molecule has 6 heteroatoms. The number of H-pyrrole nitrogens is 1. The number of benzene rings is 3. The second-order valence-electron chi connectivity index (χ2n) is 9.27. The van der Waals surface area contributed by atoms with Crippen LogP contribution in [-0.2, 0) is 13.1 Å². The lowest BCUT2D eigenvalue weighted by atomic mass is 9.96. The van der Waals surface area contributed by atoms with E-state index >= 15 is 0 Å². The molecule has 0 saturated carbocycles. The summed E-state index contributed by atoms with van der Waals surface area (Å²) in [7, 11) is 1.89. The molecule has 2 unspecified atom stereocenters. The average molecular weight is 438 g/mol. The van der Waals surface area contributed by atoms with Crippen LogP contribution in [0.15, 0.2) is 59.7 Å². The minimum absolute atomic E-state index is 0.348. The van der Waals surface area contributed by atoms with Gasteiger partial charge in [-0.25, -0.2) is 4.98 Å². The van der Waals surface area contributed by atoms with Gasteiger partial charge in [-0.2, -0.15) is 5.10 Å². The SMILES string of the molecule is Cc1cc(C)cc(-c2ccc(C3=NN(C)C(c4nc5cc6c(cc5[nH]4)CNC6)C3O)cc2)c1. The second kappa shape index (κ2) is 7.54. The Labute approximate surface area is 193 Å². The van der Waals surface area contributed by atoms with E-state index in [1.165, 1.54) is 27.8 Å². The molecular formula is C27H27N5O. The zero-order chi connectivity index (χ0) is 22.7. The Hall–Kier alpha value is -3.48. The Morgan fingerprint density at radius 1 is 0.879 bits per heavy atom. The molecule has 0 aliphatic carbocycles. The van der Waals surface area contributed by atoms with Gasteiger partial charge in [0.2, 0.25) is 0 Å². The predicted octanol–water partition coefficient (Wildman–Crippen LogP) is 4.20. The standard InChI is InChI=1S/C27H27N5O/c1-15-8-16(2)10-19(9-15)17-4-6-18(7-5-17)24-26(33)25(32(3)31-24)27-29-22-11-20-13-28-14-21(20)12-23(22)30-27/h4-12,25-26,28,33H,13-14H2,1-3H3,(H,29,30). The van der Waals surface area contributed by atoms with Gasteiger partial charge in [0.1, 0.15) is 18.0 Å². The van der Waals surface area contributed by atoms with Crippen LogP contribution < -0.4 is 5.32 Å². The van der Waals surface area contributed by atoms with Crippen LogP contribution in [0.3, 0.4) is 0 Å². The first-order valence-corrected chi connectivity index (χ1v) is 11.4. The van der Waals surface area contributed by atoms with Crippen molar-refractivity contribution in [2.75, 3.05) is 7.05 Å². The quantitative estimate of drug-likeness (QED) is 0.449. The summed E-state index contributed by atoms with van der Waals surface area (Å²) in [6, 6.07) is 18.8. The Morgan fingerprint density at radius 3 is 2.27 bits per heavy atom. The molecule has 1 aromatic heterocycles. The lowest BCUT2D eigenvalue weighted by molar-refractivity contribution is 0.134. The molecule has 4 aromatic rings. The Kier molecular flexibility index (Phi) is 4.60. The fourth-order valence-corrected chi connectivity index (χ4v) is 5.14. The largest absolute Gasteiger partial charge is 0.384 e. The van der Waals surface area contributed by atoms with Crippen molar-refractivity contribution in [1.29, 1.82) is 0 Å².